The molecule has 19 heavy (non-hydrogen) atoms. The highest BCUT2D eigenvalue weighted by atomic mass is 35.5. The van der Waals surface area contributed by atoms with E-state index in [0.29, 0.717) is 17.0 Å². The van der Waals surface area contributed by atoms with Gasteiger partial charge < -0.3 is 10.4 Å². The number of hydrogen-bond donors (Lipinski definition) is 2. The van der Waals surface area contributed by atoms with Crippen LogP contribution in [0.2, 0.25) is 5.02 Å². The molecule has 2 rings (SSSR count). The van der Waals surface area contributed by atoms with Gasteiger partial charge in [-0.3, -0.25) is 4.79 Å². The van der Waals surface area contributed by atoms with Gasteiger partial charge in [-0.1, -0.05) is 16.7 Å². The summed E-state index contributed by atoms with van der Waals surface area (Å²) in [6.45, 7) is 0. The first-order valence-corrected chi connectivity index (χ1v) is 5.68. The summed E-state index contributed by atoms with van der Waals surface area (Å²) in [5.41, 5.74) is 0.480. The van der Waals surface area contributed by atoms with Crippen molar-refractivity contribution in [2.45, 2.75) is 0 Å². The molecule has 7 nitrogen and oxygen atoms in total. The molecule has 0 radical (unpaired) electrons. The van der Waals surface area contributed by atoms with Crippen LogP contribution in [0.25, 0.3) is 0 Å². The van der Waals surface area contributed by atoms with Gasteiger partial charge in [-0.15, -0.1) is 0 Å². The van der Waals surface area contributed by atoms with Crippen molar-refractivity contribution in [1.82, 2.24) is 0 Å². The standard InChI is InChI=1S/C11H10ClN5O2/c1-17(14-7-13-16-17)10(6-18)11(19)15-9-4-2-8(12)3-5-9/h2-7H,1H3,(H-,15,18,19)/p+1. The number of amides is 1. The Morgan fingerprint density at radius 2 is 2.11 bits per heavy atom. The fourth-order valence-corrected chi connectivity index (χ4v) is 1.60. The molecule has 98 valence electrons. The summed E-state index contributed by atoms with van der Waals surface area (Å²) in [6, 6.07) is 6.57. The molecule has 1 atom stereocenters. The first-order chi connectivity index (χ1) is 9.05. The van der Waals surface area contributed by atoms with E-state index in [1.165, 1.54) is 13.4 Å². The van der Waals surface area contributed by atoms with Gasteiger partial charge in [0.2, 0.25) is 6.34 Å². The maximum absolute atomic E-state index is 12.1. The van der Waals surface area contributed by atoms with Crippen LogP contribution in [0.4, 0.5) is 5.69 Å². The quantitative estimate of drug-likeness (QED) is 0.506. The highest BCUT2D eigenvalue weighted by Gasteiger charge is 2.37. The number of nitrogens with zero attached hydrogens (tertiary/aromatic N) is 4. The monoisotopic (exact) mass is 280 g/mol. The molecule has 0 aliphatic carbocycles. The zero-order valence-corrected chi connectivity index (χ0v) is 10.7. The predicted molar refractivity (Wildman–Crippen MR) is 70.3 cm³/mol. The lowest BCUT2D eigenvalue weighted by Crippen LogP contribution is -2.36. The molecular weight excluding hydrogens is 270 g/mol. The van der Waals surface area contributed by atoms with Gasteiger partial charge in [0.25, 0.3) is 5.70 Å². The van der Waals surface area contributed by atoms with Gasteiger partial charge in [0.05, 0.1) is 5.22 Å². The summed E-state index contributed by atoms with van der Waals surface area (Å²) in [5, 5.41) is 23.6. The van der Waals surface area contributed by atoms with Crippen molar-refractivity contribution in [3.8, 4) is 0 Å². The molecule has 2 N–H and O–H groups in total. The minimum Gasteiger partial charge on any atom is -0.509 e. The Balaban J connectivity index is 2.17. The average Bonchev–Trinajstić information content (AvgIpc) is 2.80. The molecule has 0 spiro atoms. The third-order valence-electron chi connectivity index (χ3n) is 2.47. The minimum absolute atomic E-state index is 0.0625. The van der Waals surface area contributed by atoms with Crippen LogP contribution < -0.4 is 5.32 Å². The molecule has 0 saturated carbocycles. The van der Waals surface area contributed by atoms with E-state index in [1.807, 2.05) is 0 Å². The molecule has 1 unspecified atom stereocenters. The summed E-state index contributed by atoms with van der Waals surface area (Å²) in [5.74, 6) is -0.537. The molecule has 0 saturated heterocycles. The Kier molecular flexibility index (Phi) is 3.59. The van der Waals surface area contributed by atoms with Gasteiger partial charge in [0.1, 0.15) is 7.05 Å². The molecule has 1 aliphatic heterocycles. The fourth-order valence-electron chi connectivity index (χ4n) is 1.47. The number of nitrogens with one attached hydrogen (secondary N) is 1. The minimum atomic E-state index is -0.537. The molecular formula is C11H11ClN5O2+. The van der Waals surface area contributed by atoms with Gasteiger partial charge in [0.15, 0.2) is 6.26 Å². The lowest BCUT2D eigenvalue weighted by atomic mass is 10.3. The van der Waals surface area contributed by atoms with Crippen LogP contribution in [-0.4, -0.2) is 29.1 Å². The largest absolute Gasteiger partial charge is 0.509 e. The topological polar surface area (TPSA) is 86.4 Å². The second kappa shape index (κ2) is 5.17. The number of carbonyl (C=O) groups is 1. The van der Waals surface area contributed by atoms with E-state index in [9.17, 15) is 9.90 Å². The SMILES string of the molecule is C[N+]1(C(=CO)C(=O)Nc2ccc(Cl)cc2)N=CN=N1. The van der Waals surface area contributed by atoms with E-state index in [1.54, 1.807) is 24.3 Å². The van der Waals surface area contributed by atoms with Crippen LogP contribution in [0.15, 0.2) is 51.7 Å². The number of rotatable bonds is 3. The number of benzene rings is 1. The van der Waals surface area contributed by atoms with E-state index in [0.717, 1.165) is 0 Å². The van der Waals surface area contributed by atoms with Gasteiger partial charge in [-0.2, -0.15) is 0 Å². The predicted octanol–water partition coefficient (Wildman–Crippen LogP) is 2.45. The highest BCUT2D eigenvalue weighted by molar-refractivity contribution is 6.30. The first kappa shape index (κ1) is 13.2. The smallest absolute Gasteiger partial charge is 0.318 e. The number of anilines is 1. The van der Waals surface area contributed by atoms with Crippen LogP contribution in [0.1, 0.15) is 0 Å². The Hall–Kier alpha value is -2.25. The number of carbonyl (C=O) groups excluding carboxylic acids is 1. The van der Waals surface area contributed by atoms with Crippen molar-refractivity contribution < 1.29 is 14.6 Å². The van der Waals surface area contributed by atoms with Gasteiger partial charge >= 0.3 is 5.91 Å². The second-order valence-electron chi connectivity index (χ2n) is 3.82. The molecule has 1 aliphatic rings. The number of likely N-dealkylation sites (N-methyl/N-ethyl adjacent to an activating group) is 1. The summed E-state index contributed by atoms with van der Waals surface area (Å²) in [7, 11) is 1.51. The van der Waals surface area contributed by atoms with Crippen LogP contribution >= 0.6 is 11.6 Å². The van der Waals surface area contributed by atoms with Crippen molar-refractivity contribution in [3.05, 3.63) is 41.2 Å². The molecule has 0 aromatic heterocycles. The Labute approximate surface area is 114 Å². The number of hydrogen-bond acceptors (Lipinski definition) is 5. The van der Waals surface area contributed by atoms with Gasteiger partial charge in [-0.05, 0) is 34.1 Å². The zero-order valence-electron chi connectivity index (χ0n) is 9.99. The van der Waals surface area contributed by atoms with Crippen molar-refractivity contribution in [2.75, 3.05) is 12.4 Å². The lowest BCUT2D eigenvalue weighted by molar-refractivity contribution is -0.882. The molecule has 0 bridgehead atoms. The Bertz CT molecular complexity index is 567. The molecule has 1 aromatic rings. The van der Waals surface area contributed by atoms with E-state index < -0.39 is 10.6 Å². The van der Waals surface area contributed by atoms with Crippen molar-refractivity contribution >= 4 is 29.5 Å². The van der Waals surface area contributed by atoms with E-state index in [2.05, 4.69) is 20.8 Å². The normalized spacial score (nSPS) is 21.7. The Morgan fingerprint density at radius 3 is 2.63 bits per heavy atom. The number of aliphatic hydroxyl groups excluding tert-OH is 1. The second-order valence-corrected chi connectivity index (χ2v) is 4.26. The van der Waals surface area contributed by atoms with E-state index in [-0.39, 0.29) is 5.70 Å². The Morgan fingerprint density at radius 1 is 1.42 bits per heavy atom. The number of aliphatic hydroxyl groups is 1. The summed E-state index contributed by atoms with van der Waals surface area (Å²) in [4.78, 5) is 12.1. The molecule has 1 aromatic carbocycles. The summed E-state index contributed by atoms with van der Waals surface area (Å²) in [6.07, 6.45) is 1.87. The molecule has 1 amide bonds. The number of quaternary nitrogens is 1. The van der Waals surface area contributed by atoms with Crippen LogP contribution in [-0.2, 0) is 4.79 Å². The third-order valence-corrected chi connectivity index (χ3v) is 2.72. The van der Waals surface area contributed by atoms with E-state index >= 15 is 0 Å². The first-order valence-electron chi connectivity index (χ1n) is 5.30. The van der Waals surface area contributed by atoms with Crippen molar-refractivity contribution in [2.24, 2.45) is 15.4 Å². The molecule has 8 heteroatoms. The van der Waals surface area contributed by atoms with Crippen LogP contribution in [0.5, 0.6) is 0 Å². The molecule has 0 fully saturated rings. The van der Waals surface area contributed by atoms with Crippen LogP contribution in [0, 0.1) is 0 Å². The number of halogens is 1. The van der Waals surface area contributed by atoms with E-state index in [4.69, 9.17) is 11.6 Å². The maximum Gasteiger partial charge on any atom is 0.318 e. The van der Waals surface area contributed by atoms with Crippen molar-refractivity contribution in [3.63, 3.8) is 0 Å². The van der Waals surface area contributed by atoms with Crippen molar-refractivity contribution in [1.29, 1.82) is 0 Å². The lowest BCUT2D eigenvalue weighted by Gasteiger charge is -2.16. The third kappa shape index (κ3) is 2.78. The maximum atomic E-state index is 12.1. The summed E-state index contributed by atoms with van der Waals surface area (Å²) < 4.78 is -0.490. The fraction of sp³-hybridized carbons (Fsp3) is 0.0909. The summed E-state index contributed by atoms with van der Waals surface area (Å²) >= 11 is 5.75. The van der Waals surface area contributed by atoms with Crippen LogP contribution in [0.3, 0.4) is 0 Å². The highest BCUT2D eigenvalue weighted by Crippen LogP contribution is 2.22. The zero-order chi connectivity index (χ0) is 13.9. The van der Waals surface area contributed by atoms with Gasteiger partial charge in [0, 0.05) is 10.7 Å². The average molecular weight is 281 g/mol. The molecule has 1 heterocycles. The van der Waals surface area contributed by atoms with Gasteiger partial charge in [-0.25, -0.2) is 0 Å².